The van der Waals surface area contributed by atoms with Gasteiger partial charge in [-0.1, -0.05) is 12.1 Å². The van der Waals surface area contributed by atoms with Crippen LogP contribution in [0.4, 0.5) is 5.69 Å². The SMILES string of the molecule is CCNC(=O)CNS(=O)(=O)Cc1ccc(N)cc1. The Bertz CT molecular complexity index is 497. The number of rotatable bonds is 6. The molecule has 7 heteroatoms. The lowest BCUT2D eigenvalue weighted by atomic mass is 10.2. The van der Waals surface area contributed by atoms with Crippen LogP contribution >= 0.6 is 0 Å². The Balaban J connectivity index is 2.54. The molecule has 6 nitrogen and oxygen atoms in total. The van der Waals surface area contributed by atoms with Gasteiger partial charge in [0.2, 0.25) is 15.9 Å². The number of anilines is 1. The topological polar surface area (TPSA) is 101 Å². The summed E-state index contributed by atoms with van der Waals surface area (Å²) >= 11 is 0. The number of nitrogen functional groups attached to an aromatic ring is 1. The van der Waals surface area contributed by atoms with E-state index in [0.717, 1.165) is 0 Å². The van der Waals surface area contributed by atoms with Crippen molar-refractivity contribution in [1.29, 1.82) is 0 Å². The van der Waals surface area contributed by atoms with Crippen molar-refractivity contribution in [2.75, 3.05) is 18.8 Å². The molecule has 1 aromatic rings. The quantitative estimate of drug-likeness (QED) is 0.625. The van der Waals surface area contributed by atoms with Crippen molar-refractivity contribution in [2.24, 2.45) is 0 Å². The first-order chi connectivity index (χ1) is 8.43. The van der Waals surface area contributed by atoms with Gasteiger partial charge in [-0.05, 0) is 24.6 Å². The minimum Gasteiger partial charge on any atom is -0.399 e. The molecule has 0 saturated carbocycles. The van der Waals surface area contributed by atoms with Gasteiger partial charge >= 0.3 is 0 Å². The summed E-state index contributed by atoms with van der Waals surface area (Å²) in [6, 6.07) is 6.55. The molecule has 0 aliphatic heterocycles. The predicted molar refractivity (Wildman–Crippen MR) is 70.2 cm³/mol. The molecule has 0 bridgehead atoms. The third-order valence-corrected chi connectivity index (χ3v) is 3.46. The number of benzene rings is 1. The van der Waals surface area contributed by atoms with E-state index >= 15 is 0 Å². The van der Waals surface area contributed by atoms with Crippen molar-refractivity contribution in [1.82, 2.24) is 10.0 Å². The van der Waals surface area contributed by atoms with Gasteiger partial charge in [0.05, 0.1) is 12.3 Å². The van der Waals surface area contributed by atoms with Crippen LogP contribution in [0.15, 0.2) is 24.3 Å². The number of hydrogen-bond donors (Lipinski definition) is 3. The molecule has 18 heavy (non-hydrogen) atoms. The van der Waals surface area contributed by atoms with Gasteiger partial charge in [-0.15, -0.1) is 0 Å². The Labute approximate surface area is 107 Å². The third-order valence-electron chi connectivity index (χ3n) is 2.16. The molecule has 100 valence electrons. The molecule has 0 unspecified atom stereocenters. The van der Waals surface area contributed by atoms with E-state index in [1.807, 2.05) is 0 Å². The molecule has 1 aromatic carbocycles. The fourth-order valence-electron chi connectivity index (χ4n) is 1.32. The summed E-state index contributed by atoms with van der Waals surface area (Å²) in [5, 5.41) is 2.51. The zero-order valence-corrected chi connectivity index (χ0v) is 11.0. The number of carbonyl (C=O) groups is 1. The summed E-state index contributed by atoms with van der Waals surface area (Å²) in [6.07, 6.45) is 0. The van der Waals surface area contributed by atoms with Crippen molar-refractivity contribution in [3.05, 3.63) is 29.8 Å². The molecule has 0 aliphatic rings. The maximum Gasteiger partial charge on any atom is 0.235 e. The molecule has 0 atom stereocenters. The number of likely N-dealkylation sites (N-methyl/N-ethyl adjacent to an activating group) is 1. The highest BCUT2D eigenvalue weighted by atomic mass is 32.2. The molecule has 0 fully saturated rings. The van der Waals surface area contributed by atoms with Crippen LogP contribution in [-0.4, -0.2) is 27.4 Å². The van der Waals surface area contributed by atoms with Crippen LogP contribution in [-0.2, 0) is 20.6 Å². The largest absolute Gasteiger partial charge is 0.399 e. The van der Waals surface area contributed by atoms with Crippen molar-refractivity contribution in [3.63, 3.8) is 0 Å². The molecule has 0 aliphatic carbocycles. The van der Waals surface area contributed by atoms with Crippen molar-refractivity contribution in [3.8, 4) is 0 Å². The molecule has 4 N–H and O–H groups in total. The molecule has 0 aromatic heterocycles. The van der Waals surface area contributed by atoms with Crippen molar-refractivity contribution >= 4 is 21.6 Å². The van der Waals surface area contributed by atoms with E-state index in [4.69, 9.17) is 5.73 Å². The lowest BCUT2D eigenvalue weighted by Crippen LogP contribution is -2.37. The van der Waals surface area contributed by atoms with Crippen LogP contribution in [0.5, 0.6) is 0 Å². The van der Waals surface area contributed by atoms with Gasteiger partial charge < -0.3 is 11.1 Å². The van der Waals surface area contributed by atoms with Crippen LogP contribution in [0.25, 0.3) is 0 Å². The predicted octanol–water partition coefficient (Wildman–Crippen LogP) is -0.176. The van der Waals surface area contributed by atoms with E-state index in [0.29, 0.717) is 17.8 Å². The summed E-state index contributed by atoms with van der Waals surface area (Å²) in [5.74, 6) is -0.523. The highest BCUT2D eigenvalue weighted by molar-refractivity contribution is 7.88. The zero-order chi connectivity index (χ0) is 13.6. The maximum absolute atomic E-state index is 11.7. The average molecular weight is 271 g/mol. The number of amides is 1. The highest BCUT2D eigenvalue weighted by Gasteiger charge is 2.12. The number of nitrogens with two attached hydrogens (primary N) is 1. The molecular weight excluding hydrogens is 254 g/mol. The van der Waals surface area contributed by atoms with E-state index in [1.54, 1.807) is 31.2 Å². The first kappa shape index (κ1) is 14.5. The summed E-state index contributed by atoms with van der Waals surface area (Å²) in [5.41, 5.74) is 6.70. The summed E-state index contributed by atoms with van der Waals surface area (Å²) in [4.78, 5) is 11.1. The molecule has 1 rings (SSSR count). The minimum atomic E-state index is -3.51. The van der Waals surface area contributed by atoms with E-state index in [1.165, 1.54) is 0 Å². The second-order valence-electron chi connectivity index (χ2n) is 3.78. The lowest BCUT2D eigenvalue weighted by molar-refractivity contribution is -0.119. The molecule has 0 saturated heterocycles. The minimum absolute atomic E-state index is 0.174. The Morgan fingerprint density at radius 2 is 1.89 bits per heavy atom. The first-order valence-electron chi connectivity index (χ1n) is 5.51. The normalized spacial score (nSPS) is 11.2. The van der Waals surface area contributed by atoms with Gasteiger partial charge in [-0.25, -0.2) is 13.1 Å². The van der Waals surface area contributed by atoms with Crippen LogP contribution in [0, 0.1) is 0 Å². The van der Waals surface area contributed by atoms with E-state index < -0.39 is 10.0 Å². The van der Waals surface area contributed by atoms with Gasteiger partial charge in [0.1, 0.15) is 0 Å². The van der Waals surface area contributed by atoms with E-state index in [2.05, 4.69) is 10.0 Å². The second-order valence-corrected chi connectivity index (χ2v) is 5.58. The Morgan fingerprint density at radius 1 is 1.28 bits per heavy atom. The summed E-state index contributed by atoms with van der Waals surface area (Å²) in [6.45, 7) is 1.99. The number of nitrogens with one attached hydrogen (secondary N) is 2. The smallest absolute Gasteiger partial charge is 0.235 e. The van der Waals surface area contributed by atoms with Crippen LogP contribution in [0.3, 0.4) is 0 Å². The molecule has 0 radical (unpaired) electrons. The van der Waals surface area contributed by atoms with Crippen LogP contribution in [0.1, 0.15) is 12.5 Å². The Kier molecular flexibility index (Phi) is 5.11. The van der Waals surface area contributed by atoms with Gasteiger partial charge in [-0.3, -0.25) is 4.79 Å². The Hall–Kier alpha value is -1.60. The zero-order valence-electron chi connectivity index (χ0n) is 10.1. The molecule has 1 amide bonds. The number of sulfonamides is 1. The van der Waals surface area contributed by atoms with Crippen LogP contribution < -0.4 is 15.8 Å². The van der Waals surface area contributed by atoms with Crippen LogP contribution in [0.2, 0.25) is 0 Å². The highest BCUT2D eigenvalue weighted by Crippen LogP contribution is 2.08. The standard InChI is InChI=1S/C11H17N3O3S/c1-2-13-11(15)7-14-18(16,17)8-9-3-5-10(12)6-4-9/h3-6,14H,2,7-8,12H2,1H3,(H,13,15). The van der Waals surface area contributed by atoms with Crippen molar-refractivity contribution in [2.45, 2.75) is 12.7 Å². The number of carbonyl (C=O) groups excluding carboxylic acids is 1. The first-order valence-corrected chi connectivity index (χ1v) is 7.16. The van der Waals surface area contributed by atoms with Gasteiger partial charge in [-0.2, -0.15) is 0 Å². The monoisotopic (exact) mass is 271 g/mol. The molecular formula is C11H17N3O3S. The van der Waals surface area contributed by atoms with Gasteiger partial charge in [0.25, 0.3) is 0 Å². The Morgan fingerprint density at radius 3 is 2.44 bits per heavy atom. The number of hydrogen-bond acceptors (Lipinski definition) is 4. The summed E-state index contributed by atoms with van der Waals surface area (Å²) < 4.78 is 25.6. The summed E-state index contributed by atoms with van der Waals surface area (Å²) in [7, 11) is -3.51. The second kappa shape index (κ2) is 6.36. The molecule has 0 heterocycles. The fraction of sp³-hybridized carbons (Fsp3) is 0.364. The van der Waals surface area contributed by atoms with Gasteiger partial charge in [0.15, 0.2) is 0 Å². The third kappa shape index (κ3) is 5.15. The van der Waals surface area contributed by atoms with Gasteiger partial charge in [0, 0.05) is 12.2 Å². The van der Waals surface area contributed by atoms with E-state index in [-0.39, 0.29) is 18.2 Å². The van der Waals surface area contributed by atoms with Crippen molar-refractivity contribution < 1.29 is 13.2 Å². The maximum atomic E-state index is 11.7. The van der Waals surface area contributed by atoms with E-state index in [9.17, 15) is 13.2 Å². The fourth-order valence-corrected chi connectivity index (χ4v) is 2.40. The lowest BCUT2D eigenvalue weighted by Gasteiger charge is -2.07. The molecule has 0 spiro atoms. The average Bonchev–Trinajstić information content (AvgIpc) is 2.30.